The van der Waals surface area contributed by atoms with Gasteiger partial charge in [-0.25, -0.2) is 0 Å². The van der Waals surface area contributed by atoms with E-state index in [4.69, 9.17) is 0 Å². The van der Waals surface area contributed by atoms with E-state index >= 15 is 0 Å². The Kier molecular flexibility index (Phi) is 3.87. The van der Waals surface area contributed by atoms with Crippen LogP contribution >= 0.6 is 0 Å². The molecule has 1 nitrogen and oxygen atoms in total. The van der Waals surface area contributed by atoms with Gasteiger partial charge in [0, 0.05) is 0 Å². The molecule has 0 aliphatic carbocycles. The highest BCUT2D eigenvalue weighted by molar-refractivity contribution is 6.02. The second-order valence-electron chi connectivity index (χ2n) is 2.53. The van der Waals surface area contributed by atoms with Crippen molar-refractivity contribution < 1.29 is 48.7 Å². The minimum absolute atomic E-state index is 3.82. The molecule has 0 spiro atoms. The van der Waals surface area contributed by atoms with E-state index in [-0.39, 0.29) is 0 Å². The van der Waals surface area contributed by atoms with Crippen LogP contribution in [0.2, 0.25) is 0 Å². The van der Waals surface area contributed by atoms with Crippen molar-refractivity contribution in [2.45, 2.75) is 18.3 Å². The van der Waals surface area contributed by atoms with E-state index in [0.717, 1.165) is 0 Å². The number of allylic oxidation sites excluding steroid dienone is 1. The maximum Gasteiger partial charge on any atom is 0.461 e. The van der Waals surface area contributed by atoms with E-state index in [1.807, 2.05) is 0 Å². The molecule has 0 heterocycles. The van der Waals surface area contributed by atoms with Crippen molar-refractivity contribution in [2.24, 2.45) is 0 Å². The van der Waals surface area contributed by atoms with Gasteiger partial charge in [-0.1, -0.05) is 0 Å². The predicted octanol–water partition coefficient (Wildman–Crippen LogP) is 3.47. The molecule has 0 unspecified atom stereocenters. The lowest BCUT2D eigenvalue weighted by Gasteiger charge is -2.19. The van der Waals surface area contributed by atoms with Crippen molar-refractivity contribution in [2.75, 3.05) is 0 Å². The first kappa shape index (κ1) is 15.7. The Morgan fingerprint density at radius 2 is 1.12 bits per heavy atom. The summed E-state index contributed by atoms with van der Waals surface area (Å²) in [7, 11) is 0. The van der Waals surface area contributed by atoms with Crippen molar-refractivity contribution in [3.05, 3.63) is 11.7 Å². The fourth-order valence-corrected chi connectivity index (χ4v) is 0.607. The maximum atomic E-state index is 12.1. The van der Waals surface area contributed by atoms with Gasteiger partial charge in [0.05, 0.1) is 0 Å². The number of Topliss-reactive ketones (excluding diaryl/α,β-unsaturated/α-hetero) is 1. The molecule has 11 heteroatoms. The lowest BCUT2D eigenvalue weighted by molar-refractivity contribution is -0.268. The highest BCUT2D eigenvalue weighted by atomic mass is 19.4. The third kappa shape index (κ3) is 3.09. The standard InChI is InChI=1S/C6F10O/c7-3(8)1(5(11,12)13)2(17)4(9,10)6(14,15)16. The van der Waals surface area contributed by atoms with E-state index in [1.165, 1.54) is 0 Å². The largest absolute Gasteiger partial charge is 0.461 e. The average molecular weight is 278 g/mol. The zero-order valence-corrected chi connectivity index (χ0v) is 7.19. The van der Waals surface area contributed by atoms with Crippen LogP contribution in [0.3, 0.4) is 0 Å². The molecule has 0 aliphatic heterocycles. The van der Waals surface area contributed by atoms with Crippen LogP contribution in [-0.4, -0.2) is 24.1 Å². The maximum absolute atomic E-state index is 12.1. The van der Waals surface area contributed by atoms with Crippen LogP contribution < -0.4 is 0 Å². The van der Waals surface area contributed by atoms with Crippen LogP contribution in [0.15, 0.2) is 11.7 Å². The molecule has 0 aromatic rings. The number of hydrogen-bond acceptors (Lipinski definition) is 1. The molecule has 0 rings (SSSR count). The molecular formula is C6F10O. The molecule has 0 aromatic carbocycles. The van der Waals surface area contributed by atoms with Crippen molar-refractivity contribution in [1.29, 1.82) is 0 Å². The SMILES string of the molecule is O=C(C(=C(F)F)C(F)(F)F)C(F)(F)C(F)(F)F. The van der Waals surface area contributed by atoms with E-state index < -0.39 is 35.7 Å². The molecule has 0 aromatic heterocycles. The number of carbonyl (C=O) groups excluding carboxylic acids is 1. The van der Waals surface area contributed by atoms with Crippen LogP contribution in [0.5, 0.6) is 0 Å². The van der Waals surface area contributed by atoms with Crippen molar-refractivity contribution in [1.82, 2.24) is 0 Å². The second kappa shape index (κ2) is 4.18. The van der Waals surface area contributed by atoms with Gasteiger partial charge in [0.1, 0.15) is 0 Å². The minimum atomic E-state index is -6.70. The molecule has 0 saturated heterocycles. The summed E-state index contributed by atoms with van der Waals surface area (Å²) < 4.78 is 117. The highest BCUT2D eigenvalue weighted by Gasteiger charge is 2.67. The normalized spacial score (nSPS) is 13.5. The summed E-state index contributed by atoms with van der Waals surface area (Å²) in [6.07, 6.45) is -17.0. The van der Waals surface area contributed by atoms with Crippen LogP contribution in [0.1, 0.15) is 0 Å². The summed E-state index contributed by atoms with van der Waals surface area (Å²) in [5.41, 5.74) is -3.82. The zero-order valence-electron chi connectivity index (χ0n) is 7.19. The van der Waals surface area contributed by atoms with Crippen LogP contribution in [-0.2, 0) is 4.79 Å². The highest BCUT2D eigenvalue weighted by Crippen LogP contribution is 2.42. The Bertz CT molecular complexity index is 341. The van der Waals surface area contributed by atoms with Gasteiger partial charge in [0.15, 0.2) is 5.57 Å². The molecule has 0 saturated carbocycles. The van der Waals surface area contributed by atoms with Crippen molar-refractivity contribution >= 4 is 5.78 Å². The topological polar surface area (TPSA) is 17.1 Å². The zero-order chi connectivity index (χ0) is 14.2. The fraction of sp³-hybridized carbons (Fsp3) is 0.500. The van der Waals surface area contributed by atoms with Gasteiger partial charge in [-0.3, -0.25) is 4.79 Å². The van der Waals surface area contributed by atoms with E-state index in [9.17, 15) is 48.7 Å². The van der Waals surface area contributed by atoms with Crippen molar-refractivity contribution in [3.8, 4) is 0 Å². The van der Waals surface area contributed by atoms with Gasteiger partial charge in [0.2, 0.25) is 0 Å². The Labute approximate surface area is 85.7 Å². The summed E-state index contributed by atoms with van der Waals surface area (Å²) in [5.74, 6) is -10.6. The summed E-state index contributed by atoms with van der Waals surface area (Å²) in [4.78, 5) is 10.2. The van der Waals surface area contributed by atoms with E-state index in [0.29, 0.717) is 0 Å². The molecule has 17 heavy (non-hydrogen) atoms. The Balaban J connectivity index is 5.68. The number of ketones is 1. The molecule has 0 amide bonds. The lowest BCUT2D eigenvalue weighted by Crippen LogP contribution is -2.47. The molecule has 100 valence electrons. The first-order chi connectivity index (χ1) is 7.23. The number of carbonyl (C=O) groups is 1. The average Bonchev–Trinajstić information content (AvgIpc) is 1.97. The Morgan fingerprint density at radius 1 is 0.765 bits per heavy atom. The van der Waals surface area contributed by atoms with Gasteiger partial charge in [-0.05, 0) is 0 Å². The van der Waals surface area contributed by atoms with Gasteiger partial charge in [-0.2, -0.15) is 43.9 Å². The molecule has 0 aliphatic rings. The number of rotatable bonds is 2. The number of halogens is 10. The van der Waals surface area contributed by atoms with Crippen LogP contribution in [0, 0.1) is 0 Å². The molecule has 0 N–H and O–H groups in total. The van der Waals surface area contributed by atoms with E-state index in [2.05, 4.69) is 0 Å². The third-order valence-corrected chi connectivity index (χ3v) is 1.34. The summed E-state index contributed by atoms with van der Waals surface area (Å²) in [6.45, 7) is 0. The quantitative estimate of drug-likeness (QED) is 0.558. The molecule has 0 radical (unpaired) electrons. The van der Waals surface area contributed by atoms with Gasteiger partial charge < -0.3 is 0 Å². The summed E-state index contributed by atoms with van der Waals surface area (Å²) in [6, 6.07) is 0. The van der Waals surface area contributed by atoms with Crippen LogP contribution in [0.25, 0.3) is 0 Å². The number of alkyl halides is 8. The lowest BCUT2D eigenvalue weighted by atomic mass is 10.1. The molecule has 0 atom stereocenters. The van der Waals surface area contributed by atoms with Crippen LogP contribution in [0.4, 0.5) is 43.9 Å². The molecule has 0 fully saturated rings. The van der Waals surface area contributed by atoms with Gasteiger partial charge in [-0.15, -0.1) is 0 Å². The third-order valence-electron chi connectivity index (χ3n) is 1.34. The molecule has 0 bridgehead atoms. The van der Waals surface area contributed by atoms with Gasteiger partial charge in [0.25, 0.3) is 11.9 Å². The monoisotopic (exact) mass is 278 g/mol. The van der Waals surface area contributed by atoms with Crippen molar-refractivity contribution in [3.63, 3.8) is 0 Å². The minimum Gasteiger partial charge on any atom is -0.287 e. The summed E-state index contributed by atoms with van der Waals surface area (Å²) in [5, 5.41) is 0. The Hall–Kier alpha value is -1.29. The second-order valence-corrected chi connectivity index (χ2v) is 2.53. The van der Waals surface area contributed by atoms with Gasteiger partial charge >= 0.3 is 18.3 Å². The predicted molar refractivity (Wildman–Crippen MR) is 31.3 cm³/mol. The Morgan fingerprint density at radius 3 is 1.29 bits per heavy atom. The molecular weight excluding hydrogens is 278 g/mol. The first-order valence-electron chi connectivity index (χ1n) is 3.34. The smallest absolute Gasteiger partial charge is 0.287 e. The van der Waals surface area contributed by atoms with E-state index in [1.54, 1.807) is 0 Å². The fourth-order valence-electron chi connectivity index (χ4n) is 0.607. The summed E-state index contributed by atoms with van der Waals surface area (Å²) >= 11 is 0. The first-order valence-corrected chi connectivity index (χ1v) is 3.34. The number of hydrogen-bond donors (Lipinski definition) is 0.